The highest BCUT2D eigenvalue weighted by atomic mass is 32.2. The molecule has 0 saturated carbocycles. The largest absolute Gasteiger partial charge is 0.481 e. The Balaban J connectivity index is 2.01. The molecule has 3 rings (SSSR count). The fourth-order valence-corrected chi connectivity index (χ4v) is 4.08. The van der Waals surface area contributed by atoms with Gasteiger partial charge in [-0.3, -0.25) is 9.59 Å². The summed E-state index contributed by atoms with van der Waals surface area (Å²) in [5.74, 6) is -1.83. The minimum atomic E-state index is -0.948. The van der Waals surface area contributed by atoms with Gasteiger partial charge in [-0.15, -0.1) is 11.8 Å². The molecule has 0 radical (unpaired) electrons. The minimum absolute atomic E-state index is 0.142. The van der Waals surface area contributed by atoms with Crippen molar-refractivity contribution >= 4 is 29.3 Å². The van der Waals surface area contributed by atoms with Crippen LogP contribution in [0.15, 0.2) is 53.4 Å². The van der Waals surface area contributed by atoms with Crippen LogP contribution in [0.5, 0.6) is 0 Å². The molecule has 1 heterocycles. The van der Waals surface area contributed by atoms with Crippen LogP contribution in [-0.4, -0.2) is 22.2 Å². The monoisotopic (exact) mass is 341 g/mol. The number of aliphatic carboxylic acids is 1. The summed E-state index contributed by atoms with van der Waals surface area (Å²) >= 11 is 1.35. The summed E-state index contributed by atoms with van der Waals surface area (Å²) in [6.07, 6.45) is 0. The summed E-state index contributed by atoms with van der Waals surface area (Å²) in [7, 11) is 0. The number of amides is 1. The van der Waals surface area contributed by atoms with Crippen molar-refractivity contribution < 1.29 is 14.7 Å². The zero-order valence-corrected chi connectivity index (χ0v) is 14.4. The number of benzene rings is 2. The number of para-hydroxylation sites is 1. The normalized spacial score (nSPS) is 18.2. The fourth-order valence-electron chi connectivity index (χ4n) is 2.81. The Bertz CT molecular complexity index is 790. The number of hydrogen-bond acceptors (Lipinski definition) is 3. The van der Waals surface area contributed by atoms with Gasteiger partial charge in [0.2, 0.25) is 5.91 Å². The molecule has 0 bridgehead atoms. The van der Waals surface area contributed by atoms with Crippen LogP contribution in [0.1, 0.15) is 18.1 Å². The molecule has 4 nitrogen and oxygen atoms in total. The van der Waals surface area contributed by atoms with Crippen LogP contribution in [0.25, 0.3) is 0 Å². The van der Waals surface area contributed by atoms with E-state index in [-0.39, 0.29) is 5.91 Å². The summed E-state index contributed by atoms with van der Waals surface area (Å²) in [5, 5.41) is 8.73. The molecule has 2 aromatic rings. The number of carboxylic acids is 1. The first-order valence-electron chi connectivity index (χ1n) is 7.83. The lowest BCUT2D eigenvalue weighted by atomic mass is 10.0. The standard InChI is InChI=1S/C19H19NO3S/c1-12-7-3-4-8-14(12)11-20-15-9-5-6-10-16(15)24-17(18(20)21)13(2)19(22)23/h3-10,13,17H,11H2,1-2H3,(H,22,23). The molecule has 0 aliphatic carbocycles. The Morgan fingerprint density at radius 1 is 1.21 bits per heavy atom. The third-order valence-corrected chi connectivity index (χ3v) is 5.82. The Kier molecular flexibility index (Phi) is 4.62. The van der Waals surface area contributed by atoms with Crippen LogP contribution < -0.4 is 4.90 Å². The molecule has 1 N–H and O–H groups in total. The van der Waals surface area contributed by atoms with Crippen molar-refractivity contribution in [1.82, 2.24) is 0 Å². The van der Waals surface area contributed by atoms with Crippen LogP contribution >= 0.6 is 11.8 Å². The number of carbonyl (C=O) groups excluding carboxylic acids is 1. The second kappa shape index (κ2) is 6.69. The van der Waals surface area contributed by atoms with Gasteiger partial charge in [-0.2, -0.15) is 0 Å². The molecule has 1 amide bonds. The maximum Gasteiger partial charge on any atom is 0.307 e. The van der Waals surface area contributed by atoms with E-state index in [9.17, 15) is 14.7 Å². The van der Waals surface area contributed by atoms with Gasteiger partial charge in [-0.25, -0.2) is 0 Å². The number of aryl methyl sites for hydroxylation is 1. The number of hydrogen-bond donors (Lipinski definition) is 1. The molecule has 0 saturated heterocycles. The molecule has 2 unspecified atom stereocenters. The third-order valence-electron chi connectivity index (χ3n) is 4.35. The average Bonchev–Trinajstić information content (AvgIpc) is 2.58. The van der Waals surface area contributed by atoms with Crippen LogP contribution in [0, 0.1) is 12.8 Å². The Morgan fingerprint density at radius 3 is 2.58 bits per heavy atom. The fraction of sp³-hybridized carbons (Fsp3) is 0.263. The molecule has 1 aliphatic heterocycles. The van der Waals surface area contributed by atoms with E-state index in [1.54, 1.807) is 11.8 Å². The average molecular weight is 341 g/mol. The number of fused-ring (bicyclic) bond motifs is 1. The summed E-state index contributed by atoms with van der Waals surface area (Å²) < 4.78 is 0. The van der Waals surface area contributed by atoms with E-state index < -0.39 is 17.1 Å². The number of carboxylic acid groups (broad SMARTS) is 1. The number of rotatable bonds is 4. The second-order valence-corrected chi connectivity index (χ2v) is 7.17. The quantitative estimate of drug-likeness (QED) is 0.921. The molecule has 0 spiro atoms. The number of thioether (sulfide) groups is 1. The summed E-state index contributed by atoms with van der Waals surface area (Å²) in [4.78, 5) is 27.1. The molecule has 5 heteroatoms. The van der Waals surface area contributed by atoms with Crippen LogP contribution in [0.2, 0.25) is 0 Å². The molecule has 2 atom stereocenters. The van der Waals surface area contributed by atoms with Crippen molar-refractivity contribution in [2.45, 2.75) is 30.5 Å². The lowest BCUT2D eigenvalue weighted by Gasteiger charge is -2.35. The zero-order valence-electron chi connectivity index (χ0n) is 13.6. The molecule has 0 aromatic heterocycles. The van der Waals surface area contributed by atoms with Gasteiger partial charge in [-0.1, -0.05) is 43.3 Å². The highest BCUT2D eigenvalue weighted by Crippen LogP contribution is 2.42. The van der Waals surface area contributed by atoms with Crippen molar-refractivity contribution in [3.8, 4) is 0 Å². The van der Waals surface area contributed by atoms with Gasteiger partial charge in [0, 0.05) is 4.90 Å². The van der Waals surface area contributed by atoms with Crippen molar-refractivity contribution in [3.63, 3.8) is 0 Å². The molecular weight excluding hydrogens is 322 g/mol. The highest BCUT2D eigenvalue weighted by Gasteiger charge is 2.39. The summed E-state index contributed by atoms with van der Waals surface area (Å²) in [6.45, 7) is 4.06. The zero-order chi connectivity index (χ0) is 17.3. The molecule has 0 fully saturated rings. The smallest absolute Gasteiger partial charge is 0.307 e. The maximum absolute atomic E-state index is 13.0. The molecule has 124 valence electrons. The van der Waals surface area contributed by atoms with Crippen molar-refractivity contribution in [2.24, 2.45) is 5.92 Å². The van der Waals surface area contributed by atoms with E-state index in [0.29, 0.717) is 6.54 Å². The Hall–Kier alpha value is -2.27. The van der Waals surface area contributed by atoms with Gasteiger partial charge in [0.25, 0.3) is 0 Å². The van der Waals surface area contributed by atoms with E-state index in [4.69, 9.17) is 0 Å². The first-order chi connectivity index (χ1) is 11.5. The van der Waals surface area contributed by atoms with Crippen molar-refractivity contribution in [2.75, 3.05) is 4.90 Å². The van der Waals surface area contributed by atoms with E-state index in [1.807, 2.05) is 55.5 Å². The van der Waals surface area contributed by atoms with Crippen molar-refractivity contribution in [1.29, 1.82) is 0 Å². The molecule has 1 aliphatic rings. The van der Waals surface area contributed by atoms with Gasteiger partial charge in [0.1, 0.15) is 5.25 Å². The number of anilines is 1. The van der Waals surface area contributed by atoms with Crippen LogP contribution in [0.4, 0.5) is 5.69 Å². The predicted octanol–water partition coefficient (Wildman–Crippen LogP) is 3.72. The third kappa shape index (κ3) is 3.04. The van der Waals surface area contributed by atoms with Crippen LogP contribution in [-0.2, 0) is 16.1 Å². The van der Waals surface area contributed by atoms with Gasteiger partial charge in [0.15, 0.2) is 0 Å². The van der Waals surface area contributed by atoms with E-state index >= 15 is 0 Å². The van der Waals surface area contributed by atoms with Gasteiger partial charge >= 0.3 is 5.97 Å². The minimum Gasteiger partial charge on any atom is -0.481 e. The van der Waals surface area contributed by atoms with E-state index in [0.717, 1.165) is 21.7 Å². The predicted molar refractivity (Wildman–Crippen MR) is 95.3 cm³/mol. The Labute approximate surface area is 145 Å². The lowest BCUT2D eigenvalue weighted by Crippen LogP contribution is -2.45. The molecule has 24 heavy (non-hydrogen) atoms. The summed E-state index contributed by atoms with van der Waals surface area (Å²) in [6, 6.07) is 15.6. The topological polar surface area (TPSA) is 57.6 Å². The lowest BCUT2D eigenvalue weighted by molar-refractivity contribution is -0.142. The van der Waals surface area contributed by atoms with Gasteiger partial charge < -0.3 is 10.0 Å². The van der Waals surface area contributed by atoms with Crippen molar-refractivity contribution in [3.05, 3.63) is 59.7 Å². The first kappa shape index (κ1) is 16.6. The van der Waals surface area contributed by atoms with E-state index in [2.05, 4.69) is 0 Å². The maximum atomic E-state index is 13.0. The SMILES string of the molecule is Cc1ccccc1CN1C(=O)C(C(C)C(=O)O)Sc2ccccc21. The van der Waals surface area contributed by atoms with E-state index in [1.165, 1.54) is 11.8 Å². The second-order valence-electron chi connectivity index (χ2n) is 5.98. The van der Waals surface area contributed by atoms with Gasteiger partial charge in [0.05, 0.1) is 18.2 Å². The first-order valence-corrected chi connectivity index (χ1v) is 8.71. The van der Waals surface area contributed by atoms with Gasteiger partial charge in [-0.05, 0) is 30.2 Å². The number of nitrogens with zero attached hydrogens (tertiary/aromatic N) is 1. The summed E-state index contributed by atoms with van der Waals surface area (Å²) in [5.41, 5.74) is 3.03. The van der Waals surface area contributed by atoms with Crippen LogP contribution in [0.3, 0.4) is 0 Å². The molecular formula is C19H19NO3S. The molecule has 2 aromatic carbocycles. The Morgan fingerprint density at radius 2 is 1.88 bits per heavy atom. The number of carbonyl (C=O) groups is 2. The highest BCUT2D eigenvalue weighted by molar-refractivity contribution is 8.01.